The first-order valence-electron chi connectivity index (χ1n) is 10.0. The number of carbonyl (C=O) groups is 2. The lowest BCUT2D eigenvalue weighted by Gasteiger charge is -2.30. The molecule has 0 atom stereocenters. The van der Waals surface area contributed by atoms with E-state index in [9.17, 15) is 9.59 Å². The average molecular weight is 391 g/mol. The maximum absolute atomic E-state index is 13.1. The highest BCUT2D eigenvalue weighted by Gasteiger charge is 2.25. The normalized spacial score (nSPS) is 14.7. The van der Waals surface area contributed by atoms with E-state index in [0.717, 1.165) is 36.8 Å². The van der Waals surface area contributed by atoms with Gasteiger partial charge in [0.15, 0.2) is 0 Å². The van der Waals surface area contributed by atoms with Gasteiger partial charge in [-0.15, -0.1) is 5.10 Å². The second-order valence-corrected chi connectivity index (χ2v) is 7.55. The number of nitrogens with zero attached hydrogens (tertiary/aromatic N) is 4. The summed E-state index contributed by atoms with van der Waals surface area (Å²) < 4.78 is 1.38. The predicted octanol–water partition coefficient (Wildman–Crippen LogP) is 3.69. The monoisotopic (exact) mass is 391 g/mol. The van der Waals surface area contributed by atoms with Crippen molar-refractivity contribution in [2.75, 3.05) is 14.1 Å². The number of hydrogen-bond donors (Lipinski definition) is 1. The third-order valence-electron chi connectivity index (χ3n) is 5.74. The maximum Gasteiger partial charge on any atom is 0.346 e. The van der Waals surface area contributed by atoms with Gasteiger partial charge in [0.2, 0.25) is 0 Å². The van der Waals surface area contributed by atoms with E-state index in [1.165, 1.54) is 11.1 Å². The lowest BCUT2D eigenvalue weighted by atomic mass is 9.95. The van der Waals surface area contributed by atoms with E-state index < -0.39 is 0 Å². The number of rotatable bonds is 3. The molecule has 0 unspecified atom stereocenters. The highest BCUT2D eigenvalue weighted by molar-refractivity contribution is 5.96. The van der Waals surface area contributed by atoms with Crippen LogP contribution in [0.5, 0.6) is 0 Å². The minimum atomic E-state index is -0.157. The first-order valence-corrected chi connectivity index (χ1v) is 10.0. The number of amides is 2. The molecule has 2 amide bonds. The molecule has 3 aromatic rings. The van der Waals surface area contributed by atoms with E-state index in [-0.39, 0.29) is 18.0 Å². The van der Waals surface area contributed by atoms with Crippen LogP contribution in [-0.4, -0.2) is 52.0 Å². The van der Waals surface area contributed by atoms with Crippen LogP contribution in [0.25, 0.3) is 22.2 Å². The Labute approximate surface area is 169 Å². The molecule has 0 spiro atoms. The summed E-state index contributed by atoms with van der Waals surface area (Å²) in [6.45, 7) is 0. The molecule has 0 saturated heterocycles. The first kappa shape index (κ1) is 19.1. The first-order chi connectivity index (χ1) is 14.1. The van der Waals surface area contributed by atoms with Crippen molar-refractivity contribution in [3.63, 3.8) is 0 Å². The molecule has 0 aliphatic heterocycles. The SMILES string of the molecule is CNC(=O)c1cccc(-c2ccc3nnn(C(=O)N(C)C4CCCCC4)c3c2)c1. The van der Waals surface area contributed by atoms with Crippen molar-refractivity contribution in [3.05, 3.63) is 48.0 Å². The van der Waals surface area contributed by atoms with Gasteiger partial charge in [0.1, 0.15) is 11.0 Å². The molecule has 1 heterocycles. The Morgan fingerprint density at radius 1 is 1.07 bits per heavy atom. The van der Waals surface area contributed by atoms with Crippen LogP contribution < -0.4 is 5.32 Å². The van der Waals surface area contributed by atoms with Crippen LogP contribution in [0.4, 0.5) is 4.79 Å². The van der Waals surface area contributed by atoms with Gasteiger partial charge in [-0.3, -0.25) is 4.79 Å². The highest BCUT2D eigenvalue weighted by atomic mass is 16.2. The second-order valence-electron chi connectivity index (χ2n) is 7.55. The lowest BCUT2D eigenvalue weighted by molar-refractivity contribution is 0.0963. The van der Waals surface area contributed by atoms with Gasteiger partial charge in [-0.05, 0) is 48.2 Å². The Kier molecular flexibility index (Phi) is 5.29. The summed E-state index contributed by atoms with van der Waals surface area (Å²) >= 11 is 0. The van der Waals surface area contributed by atoms with Crippen LogP contribution in [0.1, 0.15) is 42.5 Å². The van der Waals surface area contributed by atoms with E-state index >= 15 is 0 Å². The molecule has 2 aromatic carbocycles. The fourth-order valence-corrected chi connectivity index (χ4v) is 4.00. The zero-order chi connectivity index (χ0) is 20.4. The summed E-state index contributed by atoms with van der Waals surface area (Å²) in [5.74, 6) is -0.135. The molecule has 29 heavy (non-hydrogen) atoms. The molecule has 1 fully saturated rings. The van der Waals surface area contributed by atoms with Crippen LogP contribution in [0.2, 0.25) is 0 Å². The Morgan fingerprint density at radius 2 is 1.83 bits per heavy atom. The van der Waals surface area contributed by atoms with Gasteiger partial charge in [0, 0.05) is 25.7 Å². The number of fused-ring (bicyclic) bond motifs is 1. The quantitative estimate of drug-likeness (QED) is 0.738. The summed E-state index contributed by atoms with van der Waals surface area (Å²) in [6.07, 6.45) is 5.63. The van der Waals surface area contributed by atoms with E-state index in [4.69, 9.17) is 0 Å². The van der Waals surface area contributed by atoms with E-state index in [2.05, 4.69) is 15.6 Å². The third-order valence-corrected chi connectivity index (χ3v) is 5.74. The standard InChI is InChI=1S/C22H25N5O2/c1-23-21(28)17-8-6-7-15(13-17)16-11-12-19-20(14-16)27(25-24-19)22(29)26(2)18-9-4-3-5-10-18/h6-8,11-14,18H,3-5,9-10H2,1-2H3,(H,23,28). The Bertz CT molecular complexity index is 1050. The predicted molar refractivity (Wildman–Crippen MR) is 112 cm³/mol. The maximum atomic E-state index is 13.1. The van der Waals surface area contributed by atoms with Gasteiger partial charge in [-0.1, -0.05) is 42.7 Å². The van der Waals surface area contributed by atoms with Crippen LogP contribution in [-0.2, 0) is 0 Å². The Balaban J connectivity index is 1.68. The van der Waals surface area contributed by atoms with Gasteiger partial charge in [0.25, 0.3) is 5.91 Å². The summed E-state index contributed by atoms with van der Waals surface area (Å²) in [6, 6.07) is 13.2. The average Bonchev–Trinajstić information content (AvgIpc) is 3.21. The van der Waals surface area contributed by atoms with Crippen molar-refractivity contribution in [1.82, 2.24) is 25.2 Å². The molecule has 7 heteroatoms. The van der Waals surface area contributed by atoms with E-state index in [1.54, 1.807) is 18.0 Å². The number of hydrogen-bond acceptors (Lipinski definition) is 4. The molecule has 1 saturated carbocycles. The van der Waals surface area contributed by atoms with Gasteiger partial charge in [0.05, 0.1) is 0 Å². The van der Waals surface area contributed by atoms with Crippen molar-refractivity contribution < 1.29 is 9.59 Å². The third kappa shape index (κ3) is 3.72. The fraction of sp³-hybridized carbons (Fsp3) is 0.364. The van der Waals surface area contributed by atoms with Crippen LogP contribution in [0.3, 0.4) is 0 Å². The molecule has 4 rings (SSSR count). The summed E-state index contributed by atoms with van der Waals surface area (Å²) in [5.41, 5.74) is 3.72. The van der Waals surface area contributed by atoms with Crippen molar-refractivity contribution in [1.29, 1.82) is 0 Å². The zero-order valence-corrected chi connectivity index (χ0v) is 16.8. The Hall–Kier alpha value is -3.22. The van der Waals surface area contributed by atoms with Gasteiger partial charge < -0.3 is 10.2 Å². The number of benzene rings is 2. The molecule has 0 radical (unpaired) electrons. The highest BCUT2D eigenvalue weighted by Crippen LogP contribution is 2.26. The van der Waals surface area contributed by atoms with Crippen molar-refractivity contribution in [2.45, 2.75) is 38.1 Å². The lowest BCUT2D eigenvalue weighted by Crippen LogP contribution is -2.41. The molecule has 1 aliphatic carbocycles. The van der Waals surface area contributed by atoms with Crippen molar-refractivity contribution >= 4 is 23.0 Å². The van der Waals surface area contributed by atoms with Crippen molar-refractivity contribution in [2.24, 2.45) is 0 Å². The van der Waals surface area contributed by atoms with Gasteiger partial charge >= 0.3 is 6.03 Å². The summed E-state index contributed by atoms with van der Waals surface area (Å²) in [4.78, 5) is 26.8. The molecular formula is C22H25N5O2. The minimum absolute atomic E-state index is 0.135. The van der Waals surface area contributed by atoms with Crippen LogP contribution in [0.15, 0.2) is 42.5 Å². The number of carbonyl (C=O) groups excluding carboxylic acids is 2. The number of aromatic nitrogens is 3. The molecule has 150 valence electrons. The van der Waals surface area contributed by atoms with E-state index in [1.807, 2.05) is 43.4 Å². The smallest absolute Gasteiger partial charge is 0.346 e. The molecular weight excluding hydrogens is 366 g/mol. The van der Waals surface area contributed by atoms with Crippen LogP contribution in [0, 0.1) is 0 Å². The molecule has 1 aliphatic rings. The molecule has 0 bridgehead atoms. The molecule has 1 aromatic heterocycles. The summed E-state index contributed by atoms with van der Waals surface area (Å²) in [7, 11) is 3.46. The number of nitrogens with one attached hydrogen (secondary N) is 1. The zero-order valence-electron chi connectivity index (χ0n) is 16.8. The largest absolute Gasteiger partial charge is 0.355 e. The summed E-state index contributed by atoms with van der Waals surface area (Å²) in [5, 5.41) is 10.9. The molecule has 1 N–H and O–H groups in total. The van der Waals surface area contributed by atoms with Gasteiger partial charge in [-0.25, -0.2) is 4.79 Å². The Morgan fingerprint density at radius 3 is 2.59 bits per heavy atom. The van der Waals surface area contributed by atoms with Crippen molar-refractivity contribution in [3.8, 4) is 11.1 Å². The molecule has 7 nitrogen and oxygen atoms in total. The van der Waals surface area contributed by atoms with Gasteiger partial charge in [-0.2, -0.15) is 4.68 Å². The van der Waals surface area contributed by atoms with Crippen LogP contribution >= 0.6 is 0 Å². The second kappa shape index (κ2) is 8.03. The topological polar surface area (TPSA) is 80.1 Å². The minimum Gasteiger partial charge on any atom is -0.355 e. The van der Waals surface area contributed by atoms with E-state index in [0.29, 0.717) is 16.6 Å². The fourth-order valence-electron chi connectivity index (χ4n) is 4.00.